The van der Waals surface area contributed by atoms with Crippen molar-refractivity contribution in [3.63, 3.8) is 0 Å². The Morgan fingerprint density at radius 1 is 1.18 bits per heavy atom. The van der Waals surface area contributed by atoms with Gasteiger partial charge in [-0.25, -0.2) is 4.79 Å². The molecule has 0 unspecified atom stereocenters. The predicted octanol–water partition coefficient (Wildman–Crippen LogP) is 3.95. The first-order valence-electron chi connectivity index (χ1n) is 11.1. The van der Waals surface area contributed by atoms with Gasteiger partial charge in [0, 0.05) is 17.2 Å². The van der Waals surface area contributed by atoms with Crippen molar-refractivity contribution in [1.29, 1.82) is 5.26 Å². The molecule has 0 saturated heterocycles. The minimum atomic E-state index is -1.73. The second-order valence-electron chi connectivity index (χ2n) is 9.17. The summed E-state index contributed by atoms with van der Waals surface area (Å²) in [4.78, 5) is 29.6. The summed E-state index contributed by atoms with van der Waals surface area (Å²) in [6, 6.07) is 7.58. The standard InChI is InChI=1S/C26H25N3O4/c1-6-15-11-25(5,7-2)29-21-16(15)8-13(3)9-17(21)26(24(29)31)18(12-27)22(28)33-19-10-14(4)32-23(30)20(19)26/h8-11H,6-7,28H2,1-5H3/t25-,26+/m0/s1. The quantitative estimate of drug-likeness (QED) is 0.753. The lowest BCUT2D eigenvalue weighted by molar-refractivity contribution is -0.121. The van der Waals surface area contributed by atoms with Crippen LogP contribution in [0.4, 0.5) is 5.69 Å². The van der Waals surface area contributed by atoms with Crippen LogP contribution in [0, 0.1) is 25.2 Å². The molecule has 1 spiro atoms. The normalized spacial score (nSPS) is 24.9. The van der Waals surface area contributed by atoms with Gasteiger partial charge in [0.2, 0.25) is 11.8 Å². The van der Waals surface area contributed by atoms with Crippen LogP contribution in [0.5, 0.6) is 5.75 Å². The molecule has 0 saturated carbocycles. The van der Waals surface area contributed by atoms with Gasteiger partial charge in [-0.3, -0.25) is 4.79 Å². The van der Waals surface area contributed by atoms with E-state index < -0.39 is 16.6 Å². The van der Waals surface area contributed by atoms with E-state index in [1.807, 2.05) is 26.8 Å². The van der Waals surface area contributed by atoms with Gasteiger partial charge in [-0.05, 0) is 45.3 Å². The molecule has 2 N–H and O–H groups in total. The van der Waals surface area contributed by atoms with Crippen LogP contribution in [0.2, 0.25) is 0 Å². The topological polar surface area (TPSA) is 110 Å². The Bertz CT molecular complexity index is 1420. The van der Waals surface area contributed by atoms with E-state index in [1.165, 1.54) is 0 Å². The Morgan fingerprint density at radius 2 is 1.91 bits per heavy atom. The number of benzene rings is 1. The third-order valence-electron chi connectivity index (χ3n) is 7.21. The highest BCUT2D eigenvalue weighted by Gasteiger charge is 2.64. The van der Waals surface area contributed by atoms with Crippen molar-refractivity contribution in [2.24, 2.45) is 5.73 Å². The van der Waals surface area contributed by atoms with Gasteiger partial charge < -0.3 is 19.8 Å². The van der Waals surface area contributed by atoms with Gasteiger partial charge in [0.15, 0.2) is 5.41 Å². The van der Waals surface area contributed by atoms with Gasteiger partial charge in [0.25, 0.3) is 0 Å². The maximum atomic E-state index is 14.6. The Labute approximate surface area is 191 Å². The van der Waals surface area contributed by atoms with Crippen LogP contribution in [0.1, 0.15) is 61.6 Å². The summed E-state index contributed by atoms with van der Waals surface area (Å²) in [6.45, 7) is 9.67. The molecular formula is C26H25N3O4. The minimum absolute atomic E-state index is 0.00236. The zero-order valence-corrected chi connectivity index (χ0v) is 19.3. The SMILES string of the molecule is CCC1=C[C@](C)(CC)N2C(=O)[C@@]3(C(C#N)=C(N)Oc4cc(C)oc(=O)c43)c3cc(C)cc1c32. The van der Waals surface area contributed by atoms with Crippen LogP contribution in [-0.2, 0) is 10.2 Å². The second-order valence-corrected chi connectivity index (χ2v) is 9.17. The van der Waals surface area contributed by atoms with E-state index in [-0.39, 0.29) is 28.7 Å². The van der Waals surface area contributed by atoms with E-state index in [9.17, 15) is 14.9 Å². The van der Waals surface area contributed by atoms with Gasteiger partial charge in [0.1, 0.15) is 28.7 Å². The smallest absolute Gasteiger partial charge is 0.344 e. The summed E-state index contributed by atoms with van der Waals surface area (Å²) < 4.78 is 11.1. The Morgan fingerprint density at radius 3 is 2.55 bits per heavy atom. The van der Waals surface area contributed by atoms with E-state index >= 15 is 0 Å². The monoisotopic (exact) mass is 443 g/mol. The van der Waals surface area contributed by atoms with Gasteiger partial charge >= 0.3 is 5.63 Å². The number of allylic oxidation sites excluding steroid dienone is 1. The van der Waals surface area contributed by atoms with Crippen LogP contribution in [0.3, 0.4) is 0 Å². The molecule has 2 atom stereocenters. The average molecular weight is 444 g/mol. The van der Waals surface area contributed by atoms with Gasteiger partial charge in [-0.15, -0.1) is 0 Å². The third kappa shape index (κ3) is 2.38. The highest BCUT2D eigenvalue weighted by atomic mass is 16.5. The number of nitriles is 1. The molecule has 1 amide bonds. The molecule has 33 heavy (non-hydrogen) atoms. The predicted molar refractivity (Wildman–Crippen MR) is 124 cm³/mol. The summed E-state index contributed by atoms with van der Waals surface area (Å²) in [5.74, 6) is -0.0987. The number of nitrogens with two attached hydrogens (primary N) is 1. The number of nitrogens with zero attached hydrogens (tertiary/aromatic N) is 2. The first-order chi connectivity index (χ1) is 15.6. The number of aryl methyl sites for hydroxylation is 2. The van der Waals surface area contributed by atoms with Crippen molar-refractivity contribution in [1.82, 2.24) is 0 Å². The number of carbonyl (C=O) groups excluding carboxylic acids is 1. The summed E-state index contributed by atoms with van der Waals surface area (Å²) >= 11 is 0. The molecular weight excluding hydrogens is 418 g/mol. The lowest BCUT2D eigenvalue weighted by Gasteiger charge is -2.42. The first kappa shape index (κ1) is 21.1. The van der Waals surface area contributed by atoms with Crippen LogP contribution in [0.25, 0.3) is 5.57 Å². The van der Waals surface area contributed by atoms with E-state index in [0.717, 1.165) is 28.8 Å². The fourth-order valence-electron chi connectivity index (χ4n) is 5.60. The molecule has 168 valence electrons. The van der Waals surface area contributed by atoms with Crippen molar-refractivity contribution >= 4 is 17.2 Å². The molecule has 4 heterocycles. The molecule has 0 radical (unpaired) electrons. The highest BCUT2D eigenvalue weighted by Crippen LogP contribution is 2.59. The third-order valence-corrected chi connectivity index (χ3v) is 7.21. The lowest BCUT2D eigenvalue weighted by Crippen LogP contribution is -2.55. The van der Waals surface area contributed by atoms with E-state index in [0.29, 0.717) is 17.7 Å². The summed E-state index contributed by atoms with van der Waals surface area (Å²) in [5, 5.41) is 10.2. The molecule has 7 heteroatoms. The van der Waals surface area contributed by atoms with E-state index in [1.54, 1.807) is 17.9 Å². The number of hydrogen-bond acceptors (Lipinski definition) is 6. The zero-order chi connectivity index (χ0) is 23.9. The maximum absolute atomic E-state index is 14.6. The number of carbonyl (C=O) groups is 1. The van der Waals surface area contributed by atoms with Gasteiger partial charge in [0.05, 0.1) is 11.2 Å². The van der Waals surface area contributed by atoms with Crippen molar-refractivity contribution in [3.8, 4) is 11.8 Å². The van der Waals surface area contributed by atoms with E-state index in [2.05, 4.69) is 25.1 Å². The molecule has 2 aromatic rings. The Balaban J connectivity index is 2.02. The molecule has 3 aliphatic rings. The van der Waals surface area contributed by atoms with Crippen LogP contribution in [0.15, 0.2) is 44.9 Å². The van der Waals surface area contributed by atoms with Crippen molar-refractivity contribution in [3.05, 3.63) is 74.2 Å². The molecule has 1 aromatic carbocycles. The van der Waals surface area contributed by atoms with Crippen molar-refractivity contribution in [2.45, 2.75) is 58.4 Å². The Kier molecular flexibility index (Phi) is 4.22. The Hall–Kier alpha value is -3.79. The molecule has 1 aromatic heterocycles. The first-order valence-corrected chi connectivity index (χ1v) is 11.1. The molecule has 5 rings (SSSR count). The van der Waals surface area contributed by atoms with Crippen molar-refractivity contribution in [2.75, 3.05) is 4.90 Å². The second kappa shape index (κ2) is 6.61. The number of fused-ring (bicyclic) bond motifs is 3. The van der Waals surface area contributed by atoms with Crippen LogP contribution < -0.4 is 21.0 Å². The van der Waals surface area contributed by atoms with Gasteiger partial charge in [-0.1, -0.05) is 31.6 Å². The lowest BCUT2D eigenvalue weighted by atomic mass is 9.68. The fourth-order valence-corrected chi connectivity index (χ4v) is 5.60. The summed E-state index contributed by atoms with van der Waals surface area (Å²) in [5.41, 5.74) is 7.33. The van der Waals surface area contributed by atoms with Crippen LogP contribution in [-0.4, -0.2) is 11.4 Å². The number of hydrogen-bond donors (Lipinski definition) is 1. The van der Waals surface area contributed by atoms with Crippen molar-refractivity contribution < 1.29 is 13.9 Å². The molecule has 0 bridgehead atoms. The number of anilines is 1. The average Bonchev–Trinajstić information content (AvgIpc) is 3.00. The van der Waals surface area contributed by atoms with Crippen LogP contribution >= 0.6 is 0 Å². The highest BCUT2D eigenvalue weighted by molar-refractivity contribution is 6.18. The molecule has 0 aliphatic carbocycles. The summed E-state index contributed by atoms with van der Waals surface area (Å²) in [6.07, 6.45) is 3.56. The van der Waals surface area contributed by atoms with Gasteiger partial charge in [-0.2, -0.15) is 5.26 Å². The molecule has 0 fully saturated rings. The number of amides is 1. The summed E-state index contributed by atoms with van der Waals surface area (Å²) in [7, 11) is 0. The minimum Gasteiger partial charge on any atom is -0.440 e. The largest absolute Gasteiger partial charge is 0.440 e. The molecule has 7 nitrogen and oxygen atoms in total. The fraction of sp³-hybridized carbons (Fsp3) is 0.346. The maximum Gasteiger partial charge on any atom is 0.344 e. The number of ether oxygens (including phenoxy) is 1. The zero-order valence-electron chi connectivity index (χ0n) is 19.3. The number of rotatable bonds is 2. The van der Waals surface area contributed by atoms with E-state index in [4.69, 9.17) is 14.9 Å². The molecule has 3 aliphatic heterocycles.